The fourth-order valence-corrected chi connectivity index (χ4v) is 7.43. The van der Waals surface area contributed by atoms with Crippen LogP contribution in [0.25, 0.3) is 0 Å². The molecule has 2 fully saturated rings. The smallest absolute Gasteiger partial charge is 0.325 e. The quantitative estimate of drug-likeness (QED) is 0.329. The number of carbonyl (C=O) groups is 3. The predicted molar refractivity (Wildman–Crippen MR) is 147 cm³/mol. The van der Waals surface area contributed by atoms with Gasteiger partial charge >= 0.3 is 6.03 Å². The lowest BCUT2D eigenvalue weighted by Crippen LogP contribution is -2.47. The summed E-state index contributed by atoms with van der Waals surface area (Å²) >= 11 is -2.84. The molecule has 4 amide bonds. The number of benzene rings is 2. The normalized spacial score (nSPS) is 21.7. The minimum atomic E-state index is -3.64. The number of carbonyl (C=O) groups excluding carboxylic acids is 3. The van der Waals surface area contributed by atoms with Gasteiger partial charge in [-0.1, -0.05) is 36.4 Å². The SMILES string of the molecule is CC(C1CC1)N(Cc1ccccc1)C(=O)CN1C(=O)N[C@]2(CCc3cc(N(CS(C)(=O)=O)S(=O)[O-])ccc32)C1=O. The summed E-state index contributed by atoms with van der Waals surface area (Å²) in [6, 6.07) is 13.4. The van der Waals surface area contributed by atoms with E-state index in [4.69, 9.17) is 0 Å². The summed E-state index contributed by atoms with van der Waals surface area (Å²) < 4.78 is 47.7. The average Bonchev–Trinajstić information content (AvgIpc) is 3.66. The lowest BCUT2D eigenvalue weighted by Gasteiger charge is -2.31. The number of hydrogen-bond acceptors (Lipinski definition) is 7. The highest BCUT2D eigenvalue weighted by atomic mass is 32.2. The molecule has 1 N–H and O–H groups in total. The minimum Gasteiger partial charge on any atom is -0.755 e. The third kappa shape index (κ3) is 5.50. The second-order valence-corrected chi connectivity index (χ2v) is 13.8. The third-order valence-corrected chi connectivity index (χ3v) is 9.51. The standard InChI is InChI=1S/C27H32N4O7S2/c1-18(20-8-9-20)29(15-19-6-4-3-5-7-19)24(32)16-30-25(33)27(28-26(30)34)13-12-21-14-22(10-11-23(21)27)31(39(35)36)17-40(2,37)38/h3-7,10-11,14,18,20H,8-9,12-13,15-17H2,1-2H3,(H,28,34)(H,35,36)/p-1/t18?,27-/m0/s1. The highest BCUT2D eigenvalue weighted by Gasteiger charge is 2.56. The van der Waals surface area contributed by atoms with Crippen LogP contribution in [0.15, 0.2) is 48.5 Å². The van der Waals surface area contributed by atoms with Crippen molar-refractivity contribution in [1.82, 2.24) is 15.1 Å². The minimum absolute atomic E-state index is 0.0329. The molecule has 2 aromatic carbocycles. The van der Waals surface area contributed by atoms with Gasteiger partial charge in [-0.15, -0.1) is 0 Å². The van der Waals surface area contributed by atoms with Crippen LogP contribution in [0.2, 0.25) is 0 Å². The summed E-state index contributed by atoms with van der Waals surface area (Å²) in [5.41, 5.74) is 0.866. The van der Waals surface area contributed by atoms with Crippen LogP contribution in [0.4, 0.5) is 10.5 Å². The van der Waals surface area contributed by atoms with Gasteiger partial charge in [0.15, 0.2) is 9.84 Å². The van der Waals surface area contributed by atoms with Gasteiger partial charge in [0, 0.05) is 35.8 Å². The number of imide groups is 1. The molecule has 3 atom stereocenters. The first-order valence-corrected chi connectivity index (χ1v) is 16.1. The van der Waals surface area contributed by atoms with Crippen molar-refractivity contribution in [3.8, 4) is 0 Å². The van der Waals surface area contributed by atoms with E-state index in [1.165, 1.54) is 12.1 Å². The van der Waals surface area contributed by atoms with E-state index in [9.17, 15) is 31.6 Å². The Labute approximate surface area is 235 Å². The van der Waals surface area contributed by atoms with Crippen LogP contribution >= 0.6 is 0 Å². The van der Waals surface area contributed by atoms with Crippen LogP contribution in [0, 0.1) is 5.92 Å². The van der Waals surface area contributed by atoms with Crippen LogP contribution in [-0.2, 0) is 49.2 Å². The largest absolute Gasteiger partial charge is 0.755 e. The van der Waals surface area contributed by atoms with E-state index in [0.717, 1.165) is 33.9 Å². The Bertz CT molecular complexity index is 1480. The van der Waals surface area contributed by atoms with Gasteiger partial charge in [0.2, 0.25) is 5.91 Å². The van der Waals surface area contributed by atoms with Crippen molar-refractivity contribution < 1.29 is 31.6 Å². The monoisotopic (exact) mass is 587 g/mol. The first-order valence-electron chi connectivity index (χ1n) is 13.0. The molecular formula is C27H31N4O7S2-. The summed E-state index contributed by atoms with van der Waals surface area (Å²) in [7, 11) is -3.64. The molecular weight excluding hydrogens is 556 g/mol. The molecule has 11 nitrogen and oxygen atoms in total. The Balaban J connectivity index is 1.37. The van der Waals surface area contributed by atoms with Gasteiger partial charge < -0.3 is 14.8 Å². The van der Waals surface area contributed by atoms with Gasteiger partial charge in [-0.3, -0.25) is 23.0 Å². The van der Waals surface area contributed by atoms with Crippen LogP contribution in [0.5, 0.6) is 0 Å². The molecule has 1 aliphatic heterocycles. The second-order valence-electron chi connectivity index (χ2n) is 10.8. The Morgan fingerprint density at radius 2 is 1.90 bits per heavy atom. The zero-order valence-corrected chi connectivity index (χ0v) is 23.9. The fourth-order valence-electron chi connectivity index (χ4n) is 5.65. The Kier molecular flexibility index (Phi) is 7.48. The molecule has 0 bridgehead atoms. The lowest BCUT2D eigenvalue weighted by molar-refractivity contribution is -0.141. The molecule has 214 valence electrons. The van der Waals surface area contributed by atoms with E-state index in [0.29, 0.717) is 30.0 Å². The number of hydrogen-bond donors (Lipinski definition) is 1. The Morgan fingerprint density at radius 1 is 1.20 bits per heavy atom. The van der Waals surface area contributed by atoms with E-state index >= 15 is 0 Å². The first-order chi connectivity index (χ1) is 18.9. The van der Waals surface area contributed by atoms with Crippen LogP contribution in [0.1, 0.15) is 42.9 Å². The maximum Gasteiger partial charge on any atom is 0.325 e. The van der Waals surface area contributed by atoms with Crippen molar-refractivity contribution in [1.29, 1.82) is 0 Å². The van der Waals surface area contributed by atoms with Crippen LogP contribution in [-0.4, -0.2) is 69.5 Å². The Morgan fingerprint density at radius 3 is 2.52 bits per heavy atom. The molecule has 2 aromatic rings. The maximum absolute atomic E-state index is 13.7. The van der Waals surface area contributed by atoms with E-state index in [2.05, 4.69) is 5.32 Å². The molecule has 13 heteroatoms. The van der Waals surface area contributed by atoms with E-state index < -0.39 is 44.5 Å². The van der Waals surface area contributed by atoms with Gasteiger partial charge in [0.1, 0.15) is 18.0 Å². The van der Waals surface area contributed by atoms with E-state index in [-0.39, 0.29) is 30.6 Å². The first kappa shape index (κ1) is 28.2. The topological polar surface area (TPSA) is 147 Å². The second kappa shape index (κ2) is 10.6. The number of nitrogens with zero attached hydrogens (tertiary/aromatic N) is 3. The van der Waals surface area contributed by atoms with Gasteiger partial charge in [-0.2, -0.15) is 0 Å². The predicted octanol–water partition coefficient (Wildman–Crippen LogP) is 1.81. The maximum atomic E-state index is 13.7. The molecule has 40 heavy (non-hydrogen) atoms. The van der Waals surface area contributed by atoms with Crippen molar-refractivity contribution >= 4 is 44.6 Å². The molecule has 3 aliphatic rings. The number of fused-ring (bicyclic) bond motifs is 2. The molecule has 1 saturated heterocycles. The lowest BCUT2D eigenvalue weighted by atomic mass is 9.91. The number of aryl methyl sites for hydroxylation is 1. The summed E-state index contributed by atoms with van der Waals surface area (Å²) in [6.07, 6.45) is 3.59. The van der Waals surface area contributed by atoms with E-state index in [1.807, 2.05) is 37.3 Å². The molecule has 2 aliphatic carbocycles. The van der Waals surface area contributed by atoms with Gasteiger partial charge in [-0.05, 0) is 67.3 Å². The number of nitrogens with one attached hydrogen (secondary N) is 1. The summed E-state index contributed by atoms with van der Waals surface area (Å²) in [5, 5.41) is 2.79. The van der Waals surface area contributed by atoms with Crippen molar-refractivity contribution in [2.45, 2.75) is 50.7 Å². The van der Waals surface area contributed by atoms with Gasteiger partial charge in [-0.25, -0.2) is 13.2 Å². The summed E-state index contributed by atoms with van der Waals surface area (Å²) in [4.78, 5) is 43.1. The highest BCUT2D eigenvalue weighted by Crippen LogP contribution is 2.43. The van der Waals surface area contributed by atoms with Crippen molar-refractivity contribution in [2.75, 3.05) is 23.0 Å². The number of sulfone groups is 1. The molecule has 1 heterocycles. The number of amides is 4. The molecule has 2 unspecified atom stereocenters. The molecule has 1 saturated carbocycles. The van der Waals surface area contributed by atoms with Crippen LogP contribution < -0.4 is 9.62 Å². The summed E-state index contributed by atoms with van der Waals surface area (Å²) in [5.74, 6) is -1.18. The van der Waals surface area contributed by atoms with Crippen LogP contribution in [0.3, 0.4) is 0 Å². The zero-order valence-electron chi connectivity index (χ0n) is 22.2. The van der Waals surface area contributed by atoms with Crippen molar-refractivity contribution in [3.05, 3.63) is 65.2 Å². The van der Waals surface area contributed by atoms with E-state index in [1.54, 1.807) is 11.0 Å². The number of anilines is 1. The van der Waals surface area contributed by atoms with Crippen molar-refractivity contribution in [3.63, 3.8) is 0 Å². The van der Waals surface area contributed by atoms with Gasteiger partial charge in [0.25, 0.3) is 5.91 Å². The van der Waals surface area contributed by atoms with Crippen molar-refractivity contribution in [2.24, 2.45) is 5.92 Å². The number of rotatable bonds is 10. The molecule has 1 spiro atoms. The Hall–Kier alpha value is -3.29. The molecule has 0 aromatic heterocycles. The average molecular weight is 588 g/mol. The number of urea groups is 1. The van der Waals surface area contributed by atoms with Gasteiger partial charge in [0.05, 0.1) is 0 Å². The third-order valence-electron chi connectivity index (χ3n) is 7.92. The highest BCUT2D eigenvalue weighted by molar-refractivity contribution is 7.92. The molecule has 5 rings (SSSR count). The molecule has 0 radical (unpaired) electrons. The zero-order chi connectivity index (χ0) is 28.8. The summed E-state index contributed by atoms with van der Waals surface area (Å²) in [6.45, 7) is 1.99. The fraction of sp³-hybridized carbons (Fsp3) is 0.444.